The molecule has 0 unspecified atom stereocenters. The molecule has 20 heavy (non-hydrogen) atoms. The van der Waals surface area contributed by atoms with E-state index in [1.165, 1.54) is 23.5 Å². The molecule has 0 fully saturated rings. The Morgan fingerprint density at radius 3 is 2.80 bits per heavy atom. The lowest BCUT2D eigenvalue weighted by Crippen LogP contribution is -2.01. The SMILES string of the molecule is Cc1cccc(CC(=O)c2cc3ccc(F)cc3s2)c1. The summed E-state index contributed by atoms with van der Waals surface area (Å²) in [6, 6.07) is 14.4. The van der Waals surface area contributed by atoms with Gasteiger partial charge in [0.25, 0.3) is 0 Å². The van der Waals surface area contributed by atoms with Crippen molar-refractivity contribution in [3.05, 3.63) is 70.4 Å². The highest BCUT2D eigenvalue weighted by atomic mass is 32.1. The Morgan fingerprint density at radius 1 is 1.15 bits per heavy atom. The van der Waals surface area contributed by atoms with Crippen LogP contribution >= 0.6 is 11.3 Å². The fraction of sp³-hybridized carbons (Fsp3) is 0.118. The van der Waals surface area contributed by atoms with Crippen LogP contribution in [0.4, 0.5) is 4.39 Å². The second-order valence-electron chi connectivity index (χ2n) is 4.88. The number of hydrogen-bond donors (Lipinski definition) is 0. The number of Topliss-reactive ketones (excluding diaryl/α,β-unsaturated/α-hetero) is 1. The van der Waals surface area contributed by atoms with Gasteiger partial charge in [-0.2, -0.15) is 0 Å². The van der Waals surface area contributed by atoms with Crippen LogP contribution in [0.1, 0.15) is 20.8 Å². The molecule has 0 aliphatic rings. The number of rotatable bonds is 3. The number of aryl methyl sites for hydroxylation is 1. The molecular weight excluding hydrogens is 271 g/mol. The maximum absolute atomic E-state index is 13.2. The van der Waals surface area contributed by atoms with Crippen molar-refractivity contribution in [2.75, 3.05) is 0 Å². The van der Waals surface area contributed by atoms with E-state index in [1.54, 1.807) is 6.07 Å². The van der Waals surface area contributed by atoms with Crippen molar-refractivity contribution in [1.29, 1.82) is 0 Å². The summed E-state index contributed by atoms with van der Waals surface area (Å²) in [7, 11) is 0. The van der Waals surface area contributed by atoms with Crippen molar-refractivity contribution in [2.45, 2.75) is 13.3 Å². The lowest BCUT2D eigenvalue weighted by atomic mass is 10.1. The highest BCUT2D eigenvalue weighted by molar-refractivity contribution is 7.20. The van der Waals surface area contributed by atoms with Crippen LogP contribution in [0.15, 0.2) is 48.5 Å². The summed E-state index contributed by atoms with van der Waals surface area (Å²) < 4.78 is 14.0. The molecule has 3 heteroatoms. The van der Waals surface area contributed by atoms with E-state index in [4.69, 9.17) is 0 Å². The van der Waals surface area contributed by atoms with Crippen LogP contribution < -0.4 is 0 Å². The van der Waals surface area contributed by atoms with Gasteiger partial charge in [0.1, 0.15) is 5.82 Å². The van der Waals surface area contributed by atoms with E-state index in [-0.39, 0.29) is 11.6 Å². The van der Waals surface area contributed by atoms with Crippen LogP contribution in [-0.4, -0.2) is 5.78 Å². The van der Waals surface area contributed by atoms with Gasteiger partial charge in [0.15, 0.2) is 5.78 Å². The van der Waals surface area contributed by atoms with Gasteiger partial charge in [-0.1, -0.05) is 35.9 Å². The number of halogens is 1. The third-order valence-electron chi connectivity index (χ3n) is 3.20. The van der Waals surface area contributed by atoms with Crippen molar-refractivity contribution in [3.8, 4) is 0 Å². The van der Waals surface area contributed by atoms with E-state index in [9.17, 15) is 9.18 Å². The van der Waals surface area contributed by atoms with Gasteiger partial charge in [-0.15, -0.1) is 11.3 Å². The Balaban J connectivity index is 1.88. The molecule has 0 aliphatic heterocycles. The Bertz CT molecular complexity index is 789. The molecule has 0 atom stereocenters. The molecule has 0 saturated carbocycles. The van der Waals surface area contributed by atoms with E-state index < -0.39 is 0 Å². The third-order valence-corrected chi connectivity index (χ3v) is 4.34. The van der Waals surface area contributed by atoms with Crippen LogP contribution in [0, 0.1) is 12.7 Å². The molecule has 2 aromatic carbocycles. The average molecular weight is 284 g/mol. The number of thiophene rings is 1. The van der Waals surface area contributed by atoms with Gasteiger partial charge >= 0.3 is 0 Å². The second kappa shape index (κ2) is 5.17. The zero-order valence-corrected chi connectivity index (χ0v) is 11.8. The molecule has 0 N–H and O–H groups in total. The summed E-state index contributed by atoms with van der Waals surface area (Å²) >= 11 is 1.35. The summed E-state index contributed by atoms with van der Waals surface area (Å²) in [6.07, 6.45) is 0.386. The summed E-state index contributed by atoms with van der Waals surface area (Å²) in [6.45, 7) is 2.01. The summed E-state index contributed by atoms with van der Waals surface area (Å²) in [5, 5.41) is 0.920. The zero-order chi connectivity index (χ0) is 14.1. The number of ketones is 1. The quantitative estimate of drug-likeness (QED) is 0.633. The fourth-order valence-corrected chi connectivity index (χ4v) is 3.26. The third kappa shape index (κ3) is 2.63. The van der Waals surface area contributed by atoms with E-state index in [0.29, 0.717) is 11.3 Å². The largest absolute Gasteiger partial charge is 0.293 e. The van der Waals surface area contributed by atoms with Gasteiger partial charge in [0.05, 0.1) is 4.88 Å². The number of fused-ring (bicyclic) bond motifs is 1. The zero-order valence-electron chi connectivity index (χ0n) is 11.0. The molecule has 0 spiro atoms. The highest BCUT2D eigenvalue weighted by Crippen LogP contribution is 2.27. The van der Waals surface area contributed by atoms with Crippen molar-refractivity contribution >= 4 is 27.2 Å². The standard InChI is InChI=1S/C17H13FOS/c1-11-3-2-4-12(7-11)8-15(19)17-9-13-5-6-14(18)10-16(13)20-17/h2-7,9-10H,8H2,1H3. The molecule has 0 bridgehead atoms. The van der Waals surface area contributed by atoms with Crippen molar-refractivity contribution in [1.82, 2.24) is 0 Å². The minimum absolute atomic E-state index is 0.0807. The van der Waals surface area contributed by atoms with Gasteiger partial charge in [-0.05, 0) is 36.1 Å². The first-order chi connectivity index (χ1) is 9.61. The predicted molar refractivity (Wildman–Crippen MR) is 81.0 cm³/mol. The molecule has 1 aromatic heterocycles. The first kappa shape index (κ1) is 13.0. The Kier molecular flexibility index (Phi) is 3.36. The molecule has 3 rings (SSSR count). The first-order valence-corrected chi connectivity index (χ1v) is 7.21. The van der Waals surface area contributed by atoms with Crippen molar-refractivity contribution in [3.63, 3.8) is 0 Å². The van der Waals surface area contributed by atoms with Crippen LogP contribution in [0.3, 0.4) is 0 Å². The lowest BCUT2D eigenvalue weighted by molar-refractivity contribution is 0.0997. The molecule has 0 aliphatic carbocycles. The van der Waals surface area contributed by atoms with Gasteiger partial charge < -0.3 is 0 Å². The molecule has 0 saturated heterocycles. The average Bonchev–Trinajstić information content (AvgIpc) is 2.81. The van der Waals surface area contributed by atoms with Gasteiger partial charge in [-0.25, -0.2) is 4.39 Å². The number of hydrogen-bond acceptors (Lipinski definition) is 2. The van der Waals surface area contributed by atoms with Gasteiger partial charge in [0.2, 0.25) is 0 Å². The van der Waals surface area contributed by atoms with Gasteiger partial charge in [-0.3, -0.25) is 4.79 Å². The van der Waals surface area contributed by atoms with E-state index in [1.807, 2.05) is 37.3 Å². The molecule has 1 nitrogen and oxygen atoms in total. The molecule has 100 valence electrons. The first-order valence-electron chi connectivity index (χ1n) is 6.40. The highest BCUT2D eigenvalue weighted by Gasteiger charge is 2.11. The smallest absolute Gasteiger partial charge is 0.177 e. The Hall–Kier alpha value is -2.00. The Morgan fingerprint density at radius 2 is 2.00 bits per heavy atom. The minimum Gasteiger partial charge on any atom is -0.293 e. The summed E-state index contributed by atoms with van der Waals surface area (Å²) in [5.41, 5.74) is 2.16. The van der Waals surface area contributed by atoms with E-state index >= 15 is 0 Å². The van der Waals surface area contributed by atoms with Crippen LogP contribution in [0.2, 0.25) is 0 Å². The maximum Gasteiger partial charge on any atom is 0.177 e. The van der Waals surface area contributed by atoms with Crippen LogP contribution in [0.5, 0.6) is 0 Å². The predicted octanol–water partition coefficient (Wildman–Crippen LogP) is 4.77. The van der Waals surface area contributed by atoms with E-state index in [2.05, 4.69) is 0 Å². The normalized spacial score (nSPS) is 10.9. The van der Waals surface area contributed by atoms with Crippen molar-refractivity contribution in [2.24, 2.45) is 0 Å². The van der Waals surface area contributed by atoms with Crippen LogP contribution in [-0.2, 0) is 6.42 Å². The van der Waals surface area contributed by atoms with E-state index in [0.717, 1.165) is 21.2 Å². The minimum atomic E-state index is -0.267. The number of carbonyl (C=O) groups is 1. The summed E-state index contributed by atoms with van der Waals surface area (Å²) in [4.78, 5) is 13.0. The lowest BCUT2D eigenvalue weighted by Gasteiger charge is -2.00. The van der Waals surface area contributed by atoms with Crippen molar-refractivity contribution < 1.29 is 9.18 Å². The maximum atomic E-state index is 13.2. The molecule has 1 heterocycles. The fourth-order valence-electron chi connectivity index (χ4n) is 2.24. The van der Waals surface area contributed by atoms with Gasteiger partial charge in [0, 0.05) is 11.1 Å². The van der Waals surface area contributed by atoms with Crippen LogP contribution in [0.25, 0.3) is 10.1 Å². The summed E-state index contributed by atoms with van der Waals surface area (Å²) in [5.74, 6) is -0.186. The number of carbonyl (C=O) groups excluding carboxylic acids is 1. The molecule has 0 radical (unpaired) electrons. The topological polar surface area (TPSA) is 17.1 Å². The monoisotopic (exact) mass is 284 g/mol. The molecule has 3 aromatic rings. The molecule has 0 amide bonds. The number of benzene rings is 2. The molecular formula is C17H13FOS. The Labute approximate surface area is 120 Å². The second-order valence-corrected chi connectivity index (χ2v) is 5.97.